The minimum absolute atomic E-state index is 0.0171. The summed E-state index contributed by atoms with van der Waals surface area (Å²) in [5, 5.41) is 11.8. The number of ether oxygens (including phenoxy) is 1. The van der Waals surface area contributed by atoms with Crippen molar-refractivity contribution in [2.75, 3.05) is 7.11 Å². The molecule has 0 saturated carbocycles. The molecule has 0 aliphatic carbocycles. The van der Waals surface area contributed by atoms with Crippen molar-refractivity contribution in [2.24, 2.45) is 0 Å². The number of nitrogens with zero attached hydrogens (tertiary/aromatic N) is 1. The fraction of sp³-hybridized carbons (Fsp3) is 0.259. The zero-order chi connectivity index (χ0) is 33.3. The van der Waals surface area contributed by atoms with Gasteiger partial charge in [0.25, 0.3) is 0 Å². The molecule has 0 saturated heterocycles. The molecule has 0 bridgehead atoms. The zero-order valence-corrected chi connectivity index (χ0v) is 22.2. The van der Waals surface area contributed by atoms with Gasteiger partial charge in [0.15, 0.2) is 0 Å². The van der Waals surface area contributed by atoms with Gasteiger partial charge in [-0.3, -0.25) is 4.98 Å². The van der Waals surface area contributed by atoms with E-state index in [1.807, 2.05) is 0 Å². The SMILES string of the molecule is COC(=O)[C@H](Cc1ccccc1)NC(=O)N[C@@H](c1ccc(C(F)(F)F)cc1)c1ncccc1C(F)(F)F.O=C(O)C(F)(F)F. The number of aliphatic carboxylic acids is 1. The Hall–Kier alpha value is -4.83. The molecule has 8 nitrogen and oxygen atoms in total. The molecule has 3 rings (SSSR count). The molecule has 0 unspecified atom stereocenters. The summed E-state index contributed by atoms with van der Waals surface area (Å²) < 4.78 is 117. The van der Waals surface area contributed by atoms with Gasteiger partial charge in [0, 0.05) is 12.6 Å². The molecule has 0 fully saturated rings. The van der Waals surface area contributed by atoms with Crippen molar-refractivity contribution in [1.82, 2.24) is 15.6 Å². The molecular formula is C27H22F9N3O5. The molecule has 2 atom stereocenters. The first kappa shape index (κ1) is 35.4. The molecule has 0 aliphatic heterocycles. The Morgan fingerprint density at radius 2 is 1.39 bits per heavy atom. The van der Waals surface area contributed by atoms with Crippen molar-refractivity contribution in [2.45, 2.75) is 37.0 Å². The number of carbonyl (C=O) groups is 3. The van der Waals surface area contributed by atoms with Crippen LogP contribution in [0.1, 0.15) is 34.0 Å². The van der Waals surface area contributed by atoms with Gasteiger partial charge in [-0.15, -0.1) is 0 Å². The number of esters is 1. The summed E-state index contributed by atoms with van der Waals surface area (Å²) in [6, 6.07) is 9.76. The van der Waals surface area contributed by atoms with Crippen LogP contribution in [-0.4, -0.2) is 47.4 Å². The number of amides is 2. The number of aromatic nitrogens is 1. The van der Waals surface area contributed by atoms with E-state index in [0.717, 1.165) is 37.6 Å². The van der Waals surface area contributed by atoms with Crippen LogP contribution in [0.5, 0.6) is 0 Å². The van der Waals surface area contributed by atoms with Crippen LogP contribution in [0.15, 0.2) is 72.9 Å². The topological polar surface area (TPSA) is 118 Å². The number of pyridine rings is 1. The normalized spacial score (nSPS) is 13.0. The summed E-state index contributed by atoms with van der Waals surface area (Å²) in [6.07, 6.45) is -13.5. The molecule has 3 aromatic rings. The lowest BCUT2D eigenvalue weighted by Crippen LogP contribution is -2.48. The zero-order valence-electron chi connectivity index (χ0n) is 22.2. The van der Waals surface area contributed by atoms with Gasteiger partial charge in [0.2, 0.25) is 0 Å². The number of carboxylic acids is 1. The van der Waals surface area contributed by atoms with E-state index in [1.54, 1.807) is 30.3 Å². The molecule has 44 heavy (non-hydrogen) atoms. The minimum Gasteiger partial charge on any atom is -0.475 e. The van der Waals surface area contributed by atoms with Gasteiger partial charge in [0.1, 0.15) is 6.04 Å². The van der Waals surface area contributed by atoms with Gasteiger partial charge >= 0.3 is 36.5 Å². The van der Waals surface area contributed by atoms with Crippen molar-refractivity contribution >= 4 is 18.0 Å². The van der Waals surface area contributed by atoms with E-state index in [1.165, 1.54) is 0 Å². The number of halogens is 9. The van der Waals surface area contributed by atoms with Crippen LogP contribution in [0.25, 0.3) is 0 Å². The highest BCUT2D eigenvalue weighted by atomic mass is 19.4. The quantitative estimate of drug-likeness (QED) is 0.218. The Balaban J connectivity index is 0.000000860. The number of hydrogen-bond donors (Lipinski definition) is 3. The number of rotatable bonds is 7. The maximum atomic E-state index is 13.7. The third-order valence-electron chi connectivity index (χ3n) is 5.58. The molecule has 1 aromatic heterocycles. The summed E-state index contributed by atoms with van der Waals surface area (Å²) in [4.78, 5) is 37.8. The lowest BCUT2D eigenvalue weighted by Gasteiger charge is -2.24. The van der Waals surface area contributed by atoms with Crippen LogP contribution >= 0.6 is 0 Å². The number of methoxy groups -OCH3 is 1. The average molecular weight is 639 g/mol. The van der Waals surface area contributed by atoms with Crippen molar-refractivity contribution in [3.05, 3.63) is 101 Å². The molecule has 2 aromatic carbocycles. The number of hydrogen-bond acceptors (Lipinski definition) is 5. The first-order valence-corrected chi connectivity index (χ1v) is 12.0. The van der Waals surface area contributed by atoms with Crippen molar-refractivity contribution in [3.63, 3.8) is 0 Å². The lowest BCUT2D eigenvalue weighted by molar-refractivity contribution is -0.192. The van der Waals surface area contributed by atoms with Crippen molar-refractivity contribution in [3.8, 4) is 0 Å². The molecule has 17 heteroatoms. The summed E-state index contributed by atoms with van der Waals surface area (Å²) in [5.41, 5.74) is -2.27. The Morgan fingerprint density at radius 3 is 1.86 bits per heavy atom. The second-order valence-electron chi connectivity index (χ2n) is 8.67. The maximum Gasteiger partial charge on any atom is 0.490 e. The molecule has 1 heterocycles. The van der Waals surface area contributed by atoms with Crippen LogP contribution in [0.4, 0.5) is 44.3 Å². The first-order chi connectivity index (χ1) is 20.3. The summed E-state index contributed by atoms with van der Waals surface area (Å²) in [5.74, 6) is -3.56. The predicted octanol–water partition coefficient (Wildman–Crippen LogP) is 5.93. The number of carboxylic acid groups (broad SMARTS) is 1. The molecule has 3 N–H and O–H groups in total. The van der Waals surface area contributed by atoms with E-state index in [-0.39, 0.29) is 12.0 Å². The number of benzene rings is 2. The molecule has 0 aliphatic rings. The van der Waals surface area contributed by atoms with Crippen LogP contribution in [0.2, 0.25) is 0 Å². The van der Waals surface area contributed by atoms with Crippen LogP contribution in [0.3, 0.4) is 0 Å². The van der Waals surface area contributed by atoms with E-state index >= 15 is 0 Å². The second-order valence-corrected chi connectivity index (χ2v) is 8.67. The van der Waals surface area contributed by atoms with Gasteiger partial charge in [-0.05, 0) is 35.4 Å². The Kier molecular flexibility index (Phi) is 11.7. The van der Waals surface area contributed by atoms with Crippen LogP contribution < -0.4 is 10.6 Å². The van der Waals surface area contributed by atoms with Gasteiger partial charge in [-0.1, -0.05) is 42.5 Å². The fourth-order valence-corrected chi connectivity index (χ4v) is 3.58. The monoisotopic (exact) mass is 639 g/mol. The van der Waals surface area contributed by atoms with Gasteiger partial charge in [-0.25, -0.2) is 14.4 Å². The van der Waals surface area contributed by atoms with Crippen molar-refractivity contribution < 1.29 is 63.7 Å². The van der Waals surface area contributed by atoms with Crippen molar-refractivity contribution in [1.29, 1.82) is 0 Å². The highest BCUT2D eigenvalue weighted by Crippen LogP contribution is 2.36. The molecule has 2 amide bonds. The summed E-state index contributed by atoms with van der Waals surface area (Å²) in [7, 11) is 1.11. The largest absolute Gasteiger partial charge is 0.490 e. The van der Waals surface area contributed by atoms with Crippen LogP contribution in [0, 0.1) is 0 Å². The van der Waals surface area contributed by atoms with Gasteiger partial charge in [0.05, 0.1) is 30.0 Å². The van der Waals surface area contributed by atoms with Gasteiger partial charge in [-0.2, -0.15) is 39.5 Å². The Morgan fingerprint density at radius 1 is 0.818 bits per heavy atom. The maximum absolute atomic E-state index is 13.7. The number of alkyl halides is 9. The van der Waals surface area contributed by atoms with E-state index in [9.17, 15) is 49.1 Å². The first-order valence-electron chi connectivity index (χ1n) is 12.0. The Bertz CT molecular complexity index is 1410. The minimum atomic E-state index is -5.08. The summed E-state index contributed by atoms with van der Waals surface area (Å²) in [6.45, 7) is 0. The summed E-state index contributed by atoms with van der Waals surface area (Å²) >= 11 is 0. The molecular weight excluding hydrogens is 617 g/mol. The number of nitrogens with one attached hydrogen (secondary N) is 2. The number of urea groups is 1. The predicted molar refractivity (Wildman–Crippen MR) is 134 cm³/mol. The highest BCUT2D eigenvalue weighted by Gasteiger charge is 2.39. The van der Waals surface area contributed by atoms with Crippen LogP contribution in [-0.2, 0) is 33.1 Å². The van der Waals surface area contributed by atoms with E-state index in [0.29, 0.717) is 17.7 Å². The van der Waals surface area contributed by atoms with Gasteiger partial charge < -0.3 is 20.5 Å². The number of carbonyl (C=O) groups excluding carboxylic acids is 2. The second kappa shape index (κ2) is 14.6. The fourth-order valence-electron chi connectivity index (χ4n) is 3.58. The lowest BCUT2D eigenvalue weighted by atomic mass is 9.98. The molecule has 0 radical (unpaired) electrons. The average Bonchev–Trinajstić information content (AvgIpc) is 2.94. The van der Waals surface area contributed by atoms with E-state index in [2.05, 4.69) is 15.6 Å². The third-order valence-corrected chi connectivity index (χ3v) is 5.58. The smallest absolute Gasteiger partial charge is 0.475 e. The van der Waals surface area contributed by atoms with E-state index in [4.69, 9.17) is 14.6 Å². The third kappa shape index (κ3) is 10.5. The molecule has 0 spiro atoms. The van der Waals surface area contributed by atoms with E-state index < -0.39 is 65.4 Å². The molecule has 238 valence electrons. The Labute approximate surface area is 242 Å². The highest BCUT2D eigenvalue weighted by molar-refractivity contribution is 5.84. The standard InChI is InChI=1S/C25H21F6N3O3.C2HF3O2/c1-37-22(35)19(14-15-6-3-2-4-7-15)33-23(36)34-20(16-9-11-17(12-10-16)24(26,27)28)21-18(25(29,30)31)8-5-13-32-21;3-2(4,5)1(6)7/h2-13,19-20H,14H2,1H3,(H2,33,34,36);(H,6,7)/t19-,20-;/m0./s1.